The summed E-state index contributed by atoms with van der Waals surface area (Å²) in [6.07, 6.45) is 1.45. The van der Waals surface area contributed by atoms with Crippen LogP contribution in [0.2, 0.25) is 0 Å². The molecule has 26 heavy (non-hydrogen) atoms. The molecule has 1 aromatic carbocycles. The van der Waals surface area contributed by atoms with E-state index in [-0.39, 0.29) is 18.9 Å². The fourth-order valence-corrected chi connectivity index (χ4v) is 2.50. The van der Waals surface area contributed by atoms with Crippen molar-refractivity contribution < 1.29 is 14.3 Å². The number of hydrogen-bond donors (Lipinski definition) is 3. The van der Waals surface area contributed by atoms with Gasteiger partial charge in [-0.05, 0) is 24.5 Å². The van der Waals surface area contributed by atoms with Gasteiger partial charge in [-0.15, -0.1) is 0 Å². The number of benzene rings is 1. The van der Waals surface area contributed by atoms with Crippen LogP contribution in [-0.4, -0.2) is 35.7 Å². The van der Waals surface area contributed by atoms with Gasteiger partial charge in [0.1, 0.15) is 12.1 Å². The molecule has 2 atom stereocenters. The summed E-state index contributed by atoms with van der Waals surface area (Å²) in [5, 5.41) is 15.1. The van der Waals surface area contributed by atoms with E-state index in [0.717, 1.165) is 16.5 Å². The number of ether oxygens (including phenoxy) is 1. The quantitative estimate of drug-likeness (QED) is 0.708. The fraction of sp³-hybridized carbons (Fsp3) is 0.421. The predicted molar refractivity (Wildman–Crippen MR) is 98.3 cm³/mol. The molecule has 0 aliphatic rings. The zero-order valence-electron chi connectivity index (χ0n) is 15.2. The molecule has 0 aliphatic carbocycles. The zero-order valence-corrected chi connectivity index (χ0v) is 15.2. The number of nitrogens with one attached hydrogen (secondary N) is 3. The first kappa shape index (κ1) is 19.3. The highest BCUT2D eigenvalue weighted by atomic mass is 16.5. The van der Waals surface area contributed by atoms with Crippen LogP contribution in [0.25, 0.3) is 10.9 Å². The van der Waals surface area contributed by atoms with Crippen LogP contribution in [0.1, 0.15) is 26.3 Å². The first-order valence-corrected chi connectivity index (χ1v) is 8.59. The molecular formula is C19H24N4O3. The van der Waals surface area contributed by atoms with Gasteiger partial charge in [0.05, 0.1) is 12.7 Å². The third kappa shape index (κ3) is 5.24. The van der Waals surface area contributed by atoms with Crippen molar-refractivity contribution in [3.63, 3.8) is 0 Å². The van der Waals surface area contributed by atoms with Crippen LogP contribution >= 0.6 is 0 Å². The topological polar surface area (TPSA) is 107 Å². The molecule has 7 nitrogen and oxygen atoms in total. The van der Waals surface area contributed by atoms with Crippen molar-refractivity contribution >= 4 is 22.9 Å². The summed E-state index contributed by atoms with van der Waals surface area (Å²) in [5.41, 5.74) is 1.85. The summed E-state index contributed by atoms with van der Waals surface area (Å²) in [6, 6.07) is 8.18. The van der Waals surface area contributed by atoms with Crippen LogP contribution in [0.4, 0.5) is 4.79 Å². The van der Waals surface area contributed by atoms with Gasteiger partial charge in [-0.3, -0.25) is 4.79 Å². The molecule has 7 heteroatoms. The maximum absolute atomic E-state index is 12.5. The van der Waals surface area contributed by atoms with E-state index in [0.29, 0.717) is 0 Å². The largest absolute Gasteiger partial charge is 0.449 e. The SMILES string of the molecule is CC(C)COC(=O)NC(Cc1c[nH]c2ccccc12)C(=O)NC(C)C#N. The van der Waals surface area contributed by atoms with Gasteiger partial charge in [0.2, 0.25) is 5.91 Å². The Balaban J connectivity index is 2.15. The lowest BCUT2D eigenvalue weighted by atomic mass is 10.0. The summed E-state index contributed by atoms with van der Waals surface area (Å²) >= 11 is 0. The van der Waals surface area contributed by atoms with Crippen LogP contribution in [-0.2, 0) is 16.0 Å². The summed E-state index contributed by atoms with van der Waals surface area (Å²) in [5.74, 6) is -0.230. The monoisotopic (exact) mass is 356 g/mol. The maximum Gasteiger partial charge on any atom is 0.407 e. The van der Waals surface area contributed by atoms with E-state index in [1.54, 1.807) is 6.92 Å². The molecule has 2 unspecified atom stereocenters. The minimum absolute atomic E-state index is 0.195. The first-order valence-electron chi connectivity index (χ1n) is 8.59. The van der Waals surface area contributed by atoms with E-state index < -0.39 is 24.1 Å². The molecule has 138 valence electrons. The number of aromatic nitrogens is 1. The van der Waals surface area contributed by atoms with Gasteiger partial charge < -0.3 is 20.4 Å². The second kappa shape index (κ2) is 8.90. The number of para-hydroxylation sites is 1. The lowest BCUT2D eigenvalue weighted by Crippen LogP contribution is -2.50. The smallest absolute Gasteiger partial charge is 0.407 e. The van der Waals surface area contributed by atoms with Gasteiger partial charge >= 0.3 is 6.09 Å². The highest BCUT2D eigenvalue weighted by Gasteiger charge is 2.24. The number of carbonyl (C=O) groups is 2. The van der Waals surface area contributed by atoms with Crippen molar-refractivity contribution in [3.8, 4) is 6.07 Å². The molecule has 3 N–H and O–H groups in total. The van der Waals surface area contributed by atoms with Gasteiger partial charge in [0.15, 0.2) is 0 Å². The molecule has 1 aromatic heterocycles. The Bertz CT molecular complexity index is 806. The Morgan fingerprint density at radius 2 is 1.96 bits per heavy atom. The number of H-pyrrole nitrogens is 1. The molecule has 2 amide bonds. The standard InChI is InChI=1S/C19H24N4O3/c1-12(2)11-26-19(25)23-17(18(24)22-13(3)9-20)8-14-10-21-16-7-5-4-6-15(14)16/h4-7,10,12-13,17,21H,8,11H2,1-3H3,(H,22,24)(H,23,25). The molecule has 0 fully saturated rings. The van der Waals surface area contributed by atoms with Crippen LogP contribution < -0.4 is 10.6 Å². The normalized spacial score (nSPS) is 13.0. The molecule has 2 rings (SSSR count). The average Bonchev–Trinajstić information content (AvgIpc) is 3.02. The van der Waals surface area contributed by atoms with Crippen molar-refractivity contribution in [2.45, 2.75) is 39.3 Å². The average molecular weight is 356 g/mol. The summed E-state index contributed by atoms with van der Waals surface area (Å²) in [4.78, 5) is 27.7. The van der Waals surface area contributed by atoms with Gasteiger partial charge in [-0.2, -0.15) is 5.26 Å². The lowest BCUT2D eigenvalue weighted by Gasteiger charge is -2.19. The first-order chi connectivity index (χ1) is 12.4. The van der Waals surface area contributed by atoms with E-state index in [1.807, 2.05) is 50.4 Å². The highest BCUT2D eigenvalue weighted by molar-refractivity contribution is 5.88. The van der Waals surface area contributed by atoms with Crippen molar-refractivity contribution in [1.29, 1.82) is 5.26 Å². The molecule has 2 aromatic rings. The number of aromatic amines is 1. The fourth-order valence-electron chi connectivity index (χ4n) is 2.50. The predicted octanol–water partition coefficient (Wildman–Crippen LogP) is 2.49. The minimum atomic E-state index is -0.843. The van der Waals surface area contributed by atoms with Gasteiger partial charge in [-0.1, -0.05) is 32.0 Å². The van der Waals surface area contributed by atoms with Gasteiger partial charge in [0.25, 0.3) is 0 Å². The highest BCUT2D eigenvalue weighted by Crippen LogP contribution is 2.19. The van der Waals surface area contributed by atoms with Crippen molar-refractivity contribution in [3.05, 3.63) is 36.0 Å². The van der Waals surface area contributed by atoms with E-state index in [1.165, 1.54) is 0 Å². The molecule has 0 saturated heterocycles. The van der Waals surface area contributed by atoms with E-state index in [2.05, 4.69) is 15.6 Å². The van der Waals surface area contributed by atoms with Gasteiger partial charge in [0, 0.05) is 23.5 Å². The third-order valence-corrected chi connectivity index (χ3v) is 3.81. The molecule has 1 heterocycles. The Labute approximate surface area is 152 Å². The third-order valence-electron chi connectivity index (χ3n) is 3.81. The lowest BCUT2D eigenvalue weighted by molar-refractivity contribution is -0.123. The van der Waals surface area contributed by atoms with Gasteiger partial charge in [-0.25, -0.2) is 4.79 Å². The number of alkyl carbamates (subject to hydrolysis) is 1. The second-order valence-electron chi connectivity index (χ2n) is 6.61. The Hall–Kier alpha value is -3.01. The molecular weight excluding hydrogens is 332 g/mol. The number of rotatable bonds is 7. The van der Waals surface area contributed by atoms with E-state index >= 15 is 0 Å². The number of nitrogens with zero attached hydrogens (tertiary/aromatic N) is 1. The number of carbonyl (C=O) groups excluding carboxylic acids is 2. The van der Waals surface area contributed by atoms with Crippen LogP contribution in [0.15, 0.2) is 30.5 Å². The van der Waals surface area contributed by atoms with Crippen LogP contribution in [0.3, 0.4) is 0 Å². The molecule has 0 aliphatic heterocycles. The van der Waals surface area contributed by atoms with Crippen molar-refractivity contribution in [1.82, 2.24) is 15.6 Å². The Morgan fingerprint density at radius 3 is 2.65 bits per heavy atom. The number of nitriles is 1. The summed E-state index contributed by atoms with van der Waals surface area (Å²) in [7, 11) is 0. The maximum atomic E-state index is 12.5. The van der Waals surface area contributed by atoms with Crippen molar-refractivity contribution in [2.24, 2.45) is 5.92 Å². The van der Waals surface area contributed by atoms with E-state index in [4.69, 9.17) is 10.00 Å². The second-order valence-corrected chi connectivity index (χ2v) is 6.61. The number of fused-ring (bicyclic) bond motifs is 1. The van der Waals surface area contributed by atoms with Crippen LogP contribution in [0, 0.1) is 17.2 Å². The zero-order chi connectivity index (χ0) is 19.1. The molecule has 0 saturated carbocycles. The minimum Gasteiger partial charge on any atom is -0.449 e. The molecule has 0 bridgehead atoms. The number of amides is 2. The Morgan fingerprint density at radius 1 is 1.23 bits per heavy atom. The Kier molecular flexibility index (Phi) is 6.61. The number of hydrogen-bond acceptors (Lipinski definition) is 4. The van der Waals surface area contributed by atoms with Crippen LogP contribution in [0.5, 0.6) is 0 Å². The summed E-state index contributed by atoms with van der Waals surface area (Å²) < 4.78 is 5.12. The summed E-state index contributed by atoms with van der Waals surface area (Å²) in [6.45, 7) is 5.70. The molecule has 0 spiro atoms. The van der Waals surface area contributed by atoms with Crippen molar-refractivity contribution in [2.75, 3.05) is 6.61 Å². The van der Waals surface area contributed by atoms with E-state index in [9.17, 15) is 9.59 Å². The molecule has 0 radical (unpaired) electrons.